The Labute approximate surface area is 193 Å². The quantitative estimate of drug-likeness (QED) is 0.283. The summed E-state index contributed by atoms with van der Waals surface area (Å²) in [6, 6.07) is 22.0. The SMILES string of the molecule is O=C(NCCCCCc1nc2ccccc2n1CCCOc1ccccc1)c1cccs1. The van der Waals surface area contributed by atoms with Gasteiger partial charge in [-0.3, -0.25) is 4.79 Å². The van der Waals surface area contributed by atoms with E-state index in [1.807, 2.05) is 53.9 Å². The number of fused-ring (bicyclic) bond motifs is 1. The zero-order valence-electron chi connectivity index (χ0n) is 18.2. The molecule has 2 heterocycles. The molecule has 0 atom stereocenters. The van der Waals surface area contributed by atoms with Gasteiger partial charge in [-0.25, -0.2) is 4.98 Å². The smallest absolute Gasteiger partial charge is 0.261 e. The molecule has 4 aromatic rings. The monoisotopic (exact) mass is 447 g/mol. The largest absolute Gasteiger partial charge is 0.494 e. The number of carbonyl (C=O) groups excluding carboxylic acids is 1. The zero-order valence-corrected chi connectivity index (χ0v) is 19.0. The van der Waals surface area contributed by atoms with Crippen LogP contribution < -0.4 is 10.1 Å². The van der Waals surface area contributed by atoms with Gasteiger partial charge in [-0.2, -0.15) is 0 Å². The normalized spacial score (nSPS) is 11.0. The number of ether oxygens (including phenoxy) is 1. The van der Waals surface area contributed by atoms with Crippen LogP contribution in [-0.4, -0.2) is 28.6 Å². The molecule has 2 aromatic heterocycles. The Bertz CT molecular complexity index is 1110. The van der Waals surface area contributed by atoms with Crippen molar-refractivity contribution >= 4 is 28.3 Å². The topological polar surface area (TPSA) is 56.2 Å². The van der Waals surface area contributed by atoms with Crippen molar-refractivity contribution in [2.45, 2.75) is 38.6 Å². The van der Waals surface area contributed by atoms with Crippen molar-refractivity contribution in [3.05, 3.63) is 82.8 Å². The minimum Gasteiger partial charge on any atom is -0.494 e. The van der Waals surface area contributed by atoms with Gasteiger partial charge in [-0.05, 0) is 55.0 Å². The van der Waals surface area contributed by atoms with Crippen molar-refractivity contribution in [1.82, 2.24) is 14.9 Å². The van der Waals surface area contributed by atoms with Crippen molar-refractivity contribution in [1.29, 1.82) is 0 Å². The first-order valence-electron chi connectivity index (χ1n) is 11.2. The molecule has 0 saturated heterocycles. The Morgan fingerprint density at radius 1 is 0.938 bits per heavy atom. The molecule has 0 unspecified atom stereocenters. The van der Waals surface area contributed by atoms with Crippen LogP contribution in [0.2, 0.25) is 0 Å². The van der Waals surface area contributed by atoms with Crippen LogP contribution in [0.15, 0.2) is 72.1 Å². The molecular weight excluding hydrogens is 418 g/mol. The third-order valence-electron chi connectivity index (χ3n) is 5.38. The molecule has 0 radical (unpaired) electrons. The maximum absolute atomic E-state index is 12.0. The number of nitrogens with zero attached hydrogens (tertiary/aromatic N) is 2. The summed E-state index contributed by atoms with van der Waals surface area (Å²) in [4.78, 5) is 17.7. The van der Waals surface area contributed by atoms with Crippen LogP contribution in [0, 0.1) is 0 Å². The van der Waals surface area contributed by atoms with E-state index in [2.05, 4.69) is 28.1 Å². The second-order valence-corrected chi connectivity index (χ2v) is 8.68. The fraction of sp³-hybridized carbons (Fsp3) is 0.308. The molecule has 5 nitrogen and oxygen atoms in total. The van der Waals surface area contributed by atoms with Gasteiger partial charge in [0.1, 0.15) is 11.6 Å². The number of carbonyl (C=O) groups is 1. The van der Waals surface area contributed by atoms with Gasteiger partial charge in [-0.15, -0.1) is 11.3 Å². The number of amides is 1. The zero-order chi connectivity index (χ0) is 22.0. The highest BCUT2D eigenvalue weighted by atomic mass is 32.1. The molecule has 0 aliphatic carbocycles. The summed E-state index contributed by atoms with van der Waals surface area (Å²) in [6.07, 6.45) is 4.95. The average Bonchev–Trinajstić information content (AvgIpc) is 3.48. The first-order valence-corrected chi connectivity index (χ1v) is 12.1. The van der Waals surface area contributed by atoms with Crippen LogP contribution in [-0.2, 0) is 13.0 Å². The standard InChI is InChI=1S/C26H29N3O2S/c30-26(24-15-9-20-32-24)27-17-8-2-5-16-25-28-22-13-6-7-14-23(22)29(25)18-10-19-31-21-11-3-1-4-12-21/h1,3-4,6-7,9,11-15,20H,2,5,8,10,16-19H2,(H,27,30). The van der Waals surface area contributed by atoms with E-state index in [0.29, 0.717) is 13.2 Å². The van der Waals surface area contributed by atoms with Gasteiger partial charge in [0.25, 0.3) is 5.91 Å². The van der Waals surface area contributed by atoms with Gasteiger partial charge in [0.2, 0.25) is 0 Å². The number of rotatable bonds is 12. The lowest BCUT2D eigenvalue weighted by Gasteiger charge is -2.11. The van der Waals surface area contributed by atoms with Crippen molar-refractivity contribution in [2.24, 2.45) is 0 Å². The lowest BCUT2D eigenvalue weighted by molar-refractivity contribution is 0.0957. The van der Waals surface area contributed by atoms with Gasteiger partial charge < -0.3 is 14.6 Å². The van der Waals surface area contributed by atoms with Crippen LogP contribution in [0.1, 0.15) is 41.2 Å². The Morgan fingerprint density at radius 2 is 1.78 bits per heavy atom. The molecule has 1 N–H and O–H groups in total. The third-order valence-corrected chi connectivity index (χ3v) is 6.25. The molecule has 0 bridgehead atoms. The fourth-order valence-corrected chi connectivity index (χ4v) is 4.42. The van der Waals surface area contributed by atoms with Crippen LogP contribution in [0.4, 0.5) is 0 Å². The predicted molar refractivity (Wildman–Crippen MR) is 130 cm³/mol. The van der Waals surface area contributed by atoms with Gasteiger partial charge in [-0.1, -0.05) is 42.8 Å². The second kappa shape index (κ2) is 11.5. The number of aromatic nitrogens is 2. The lowest BCUT2D eigenvalue weighted by atomic mass is 10.2. The van der Waals surface area contributed by atoms with Crippen LogP contribution >= 0.6 is 11.3 Å². The van der Waals surface area contributed by atoms with E-state index in [1.165, 1.54) is 16.9 Å². The van der Waals surface area contributed by atoms with E-state index < -0.39 is 0 Å². The minimum atomic E-state index is 0.0273. The lowest BCUT2D eigenvalue weighted by Crippen LogP contribution is -2.23. The van der Waals surface area contributed by atoms with Crippen molar-refractivity contribution < 1.29 is 9.53 Å². The van der Waals surface area contributed by atoms with Crippen LogP contribution in [0.5, 0.6) is 5.75 Å². The van der Waals surface area contributed by atoms with E-state index in [0.717, 1.165) is 60.6 Å². The molecule has 4 rings (SSSR count). The average molecular weight is 448 g/mol. The molecule has 0 fully saturated rings. The van der Waals surface area contributed by atoms with Gasteiger partial charge >= 0.3 is 0 Å². The number of hydrogen-bond donors (Lipinski definition) is 1. The predicted octanol–water partition coefficient (Wildman–Crippen LogP) is 5.71. The number of nitrogens with one attached hydrogen (secondary N) is 1. The molecule has 1 amide bonds. The highest BCUT2D eigenvalue weighted by molar-refractivity contribution is 7.12. The fourth-order valence-electron chi connectivity index (χ4n) is 3.78. The molecule has 0 aliphatic rings. The van der Waals surface area contributed by atoms with E-state index >= 15 is 0 Å². The maximum atomic E-state index is 12.0. The number of aryl methyl sites for hydroxylation is 2. The van der Waals surface area contributed by atoms with Gasteiger partial charge in [0, 0.05) is 19.5 Å². The highest BCUT2D eigenvalue weighted by Gasteiger charge is 2.10. The van der Waals surface area contributed by atoms with Crippen LogP contribution in [0.25, 0.3) is 11.0 Å². The number of benzene rings is 2. The van der Waals surface area contributed by atoms with Crippen molar-refractivity contribution in [3.8, 4) is 5.75 Å². The van der Waals surface area contributed by atoms with Crippen molar-refractivity contribution in [2.75, 3.05) is 13.2 Å². The number of para-hydroxylation sites is 3. The number of hydrogen-bond acceptors (Lipinski definition) is 4. The number of unbranched alkanes of at least 4 members (excludes halogenated alkanes) is 2. The molecule has 6 heteroatoms. The first-order chi connectivity index (χ1) is 15.8. The summed E-state index contributed by atoms with van der Waals surface area (Å²) >= 11 is 1.47. The third kappa shape index (κ3) is 5.98. The summed E-state index contributed by atoms with van der Waals surface area (Å²) in [6.45, 7) is 2.28. The summed E-state index contributed by atoms with van der Waals surface area (Å²) in [7, 11) is 0. The molecular formula is C26H29N3O2S. The Balaban J connectivity index is 1.25. The van der Waals surface area contributed by atoms with Crippen molar-refractivity contribution in [3.63, 3.8) is 0 Å². The molecule has 0 aliphatic heterocycles. The van der Waals surface area contributed by atoms with E-state index in [9.17, 15) is 4.79 Å². The minimum absolute atomic E-state index is 0.0273. The van der Waals surface area contributed by atoms with E-state index in [-0.39, 0.29) is 5.91 Å². The molecule has 0 spiro atoms. The summed E-state index contributed by atoms with van der Waals surface area (Å²) in [5, 5.41) is 4.93. The first kappa shape index (κ1) is 22.1. The Morgan fingerprint density at radius 3 is 2.62 bits per heavy atom. The number of thiophene rings is 1. The molecule has 2 aromatic carbocycles. The van der Waals surface area contributed by atoms with Gasteiger partial charge in [0.05, 0.1) is 22.5 Å². The number of imidazole rings is 1. The van der Waals surface area contributed by atoms with Gasteiger partial charge in [0.15, 0.2) is 0 Å². The molecule has 32 heavy (non-hydrogen) atoms. The maximum Gasteiger partial charge on any atom is 0.261 e. The summed E-state index contributed by atoms with van der Waals surface area (Å²) in [5.41, 5.74) is 2.24. The highest BCUT2D eigenvalue weighted by Crippen LogP contribution is 2.19. The summed E-state index contributed by atoms with van der Waals surface area (Å²) < 4.78 is 8.20. The Hall–Kier alpha value is -3.12. The second-order valence-electron chi connectivity index (χ2n) is 7.73. The summed E-state index contributed by atoms with van der Waals surface area (Å²) in [5.74, 6) is 2.07. The van der Waals surface area contributed by atoms with E-state index in [1.54, 1.807) is 0 Å². The van der Waals surface area contributed by atoms with Crippen LogP contribution in [0.3, 0.4) is 0 Å². The Kier molecular flexibility index (Phi) is 7.93. The molecule has 166 valence electrons. The van der Waals surface area contributed by atoms with E-state index in [4.69, 9.17) is 9.72 Å². The molecule has 0 saturated carbocycles.